The Morgan fingerprint density at radius 2 is 2.15 bits per heavy atom. The summed E-state index contributed by atoms with van der Waals surface area (Å²) in [6.07, 6.45) is 6.12. The van der Waals surface area contributed by atoms with Gasteiger partial charge in [0.15, 0.2) is 0 Å². The summed E-state index contributed by atoms with van der Waals surface area (Å²) in [5.41, 5.74) is 5.16. The van der Waals surface area contributed by atoms with E-state index in [0.29, 0.717) is 12.6 Å². The fraction of sp³-hybridized carbons (Fsp3) is 0.476. The first-order valence-electron chi connectivity index (χ1n) is 9.44. The van der Waals surface area contributed by atoms with E-state index in [0.717, 1.165) is 12.8 Å². The number of hydrogen-bond donors (Lipinski definition) is 2. The van der Waals surface area contributed by atoms with Gasteiger partial charge in [-0.2, -0.15) is 0 Å². The van der Waals surface area contributed by atoms with Crippen LogP contribution in [0.15, 0.2) is 30.5 Å². The van der Waals surface area contributed by atoms with E-state index in [4.69, 9.17) is 0 Å². The third-order valence-corrected chi connectivity index (χ3v) is 5.97. The smallest absolute Gasteiger partial charge is 0.228 e. The number of likely N-dealkylation sites (N-methyl/N-ethyl adjacent to an activating group) is 1. The lowest BCUT2D eigenvalue weighted by Gasteiger charge is -2.39. The van der Waals surface area contributed by atoms with Crippen LogP contribution in [0.5, 0.6) is 0 Å². The zero-order chi connectivity index (χ0) is 18.4. The predicted octanol–water partition coefficient (Wildman–Crippen LogP) is 2.36. The number of aromatic nitrogens is 1. The molecule has 2 heterocycles. The summed E-state index contributed by atoms with van der Waals surface area (Å²) in [7, 11) is 4.20. The molecule has 0 unspecified atom stereocenters. The van der Waals surface area contributed by atoms with Crippen LogP contribution in [0, 0.1) is 5.92 Å². The summed E-state index contributed by atoms with van der Waals surface area (Å²) >= 11 is 0. The Kier molecular flexibility index (Phi) is 5.65. The van der Waals surface area contributed by atoms with Crippen LogP contribution < -0.4 is 5.32 Å². The van der Waals surface area contributed by atoms with Crippen molar-refractivity contribution in [2.24, 2.45) is 13.0 Å². The summed E-state index contributed by atoms with van der Waals surface area (Å²) in [5, 5.41) is 13.7. The van der Waals surface area contributed by atoms with Gasteiger partial charge < -0.3 is 15.0 Å². The third-order valence-electron chi connectivity index (χ3n) is 5.97. The molecule has 4 rings (SSSR count). The van der Waals surface area contributed by atoms with Gasteiger partial charge >= 0.3 is 0 Å². The summed E-state index contributed by atoms with van der Waals surface area (Å²) in [6, 6.07) is 6.60. The van der Waals surface area contributed by atoms with Gasteiger partial charge in [-0.3, -0.25) is 9.69 Å². The first-order valence-corrected chi connectivity index (χ1v) is 9.44. The fourth-order valence-corrected chi connectivity index (χ4v) is 4.48. The summed E-state index contributed by atoms with van der Waals surface area (Å²) in [5.74, 6) is -0.179. The van der Waals surface area contributed by atoms with E-state index in [1.54, 1.807) is 0 Å². The van der Waals surface area contributed by atoms with Crippen LogP contribution in [-0.2, 0) is 18.3 Å². The average Bonchev–Trinajstić information content (AvgIpc) is 2.97. The molecule has 6 heteroatoms. The second-order valence-electron chi connectivity index (χ2n) is 7.65. The molecule has 2 aliphatic rings. The molecule has 1 amide bonds. The molecular weight excluding hydrogens is 362 g/mol. The minimum absolute atomic E-state index is 0. The Balaban J connectivity index is 0.00000210. The topological polar surface area (TPSA) is 57.5 Å². The number of amides is 1. The molecule has 146 valence electrons. The Morgan fingerprint density at radius 1 is 1.37 bits per heavy atom. The molecule has 2 N–H and O–H groups in total. The van der Waals surface area contributed by atoms with Crippen LogP contribution in [0.1, 0.15) is 24.5 Å². The normalized spacial score (nSPS) is 22.6. The predicted molar refractivity (Wildman–Crippen MR) is 111 cm³/mol. The minimum Gasteiger partial charge on any atom is -0.394 e. The fourth-order valence-electron chi connectivity index (χ4n) is 4.48. The summed E-state index contributed by atoms with van der Waals surface area (Å²) in [4.78, 5) is 15.0. The van der Waals surface area contributed by atoms with E-state index in [9.17, 15) is 9.90 Å². The molecule has 0 saturated carbocycles. The number of benzene rings is 1. The van der Waals surface area contributed by atoms with Gasteiger partial charge in [-0.05, 0) is 42.7 Å². The van der Waals surface area contributed by atoms with Gasteiger partial charge in [0.1, 0.15) is 0 Å². The second-order valence-corrected chi connectivity index (χ2v) is 7.65. The third kappa shape index (κ3) is 3.28. The van der Waals surface area contributed by atoms with E-state index in [2.05, 4.69) is 59.4 Å². The average molecular weight is 390 g/mol. The number of fused-ring (bicyclic) bond motifs is 2. The van der Waals surface area contributed by atoms with Gasteiger partial charge in [0, 0.05) is 36.7 Å². The zero-order valence-corrected chi connectivity index (χ0v) is 16.9. The lowest BCUT2D eigenvalue weighted by Crippen LogP contribution is -2.48. The number of carbonyl (C=O) groups excluding carboxylic acids is 1. The number of carbonyl (C=O) groups is 1. The lowest BCUT2D eigenvalue weighted by molar-refractivity contribution is -0.125. The highest BCUT2D eigenvalue weighted by atomic mass is 35.5. The largest absolute Gasteiger partial charge is 0.394 e. The molecule has 5 nitrogen and oxygen atoms in total. The van der Waals surface area contributed by atoms with Gasteiger partial charge in [-0.1, -0.05) is 25.1 Å². The van der Waals surface area contributed by atoms with Gasteiger partial charge in [0.05, 0.1) is 18.6 Å². The molecule has 0 bridgehead atoms. The van der Waals surface area contributed by atoms with Crippen molar-refractivity contribution in [1.29, 1.82) is 0 Å². The van der Waals surface area contributed by atoms with Crippen molar-refractivity contribution in [3.63, 3.8) is 0 Å². The molecule has 2 aromatic rings. The van der Waals surface area contributed by atoms with E-state index >= 15 is 0 Å². The van der Waals surface area contributed by atoms with Crippen molar-refractivity contribution < 1.29 is 9.90 Å². The van der Waals surface area contributed by atoms with Crippen LogP contribution in [0.4, 0.5) is 0 Å². The van der Waals surface area contributed by atoms with E-state index in [1.165, 1.54) is 27.6 Å². The highest BCUT2D eigenvalue weighted by Gasteiger charge is 2.36. The Morgan fingerprint density at radius 3 is 2.85 bits per heavy atom. The first kappa shape index (κ1) is 19.9. The van der Waals surface area contributed by atoms with E-state index in [-0.39, 0.29) is 36.9 Å². The van der Waals surface area contributed by atoms with Gasteiger partial charge in [-0.15, -0.1) is 12.4 Å². The molecule has 1 aromatic heterocycles. The molecule has 27 heavy (non-hydrogen) atoms. The highest BCUT2D eigenvalue weighted by Crippen LogP contribution is 2.41. The lowest BCUT2D eigenvalue weighted by atomic mass is 9.80. The van der Waals surface area contributed by atoms with E-state index < -0.39 is 0 Å². The molecule has 0 radical (unpaired) electrons. The highest BCUT2D eigenvalue weighted by molar-refractivity contribution is 5.99. The van der Waals surface area contributed by atoms with Crippen molar-refractivity contribution in [1.82, 2.24) is 14.8 Å². The molecule has 0 saturated heterocycles. The van der Waals surface area contributed by atoms with Crippen molar-refractivity contribution in [2.75, 3.05) is 20.2 Å². The molecule has 1 aliphatic carbocycles. The number of hydrogen-bond acceptors (Lipinski definition) is 3. The van der Waals surface area contributed by atoms with Crippen LogP contribution in [-0.4, -0.2) is 52.8 Å². The Hall–Kier alpha value is -1.82. The number of nitrogens with zero attached hydrogens (tertiary/aromatic N) is 2. The molecule has 1 aromatic carbocycles. The maximum absolute atomic E-state index is 12.7. The Bertz CT molecular complexity index is 885. The Labute approximate surface area is 166 Å². The monoisotopic (exact) mass is 389 g/mol. The number of aliphatic hydroxyl groups excluding tert-OH is 1. The van der Waals surface area contributed by atoms with E-state index in [1.807, 2.05) is 6.92 Å². The van der Waals surface area contributed by atoms with Crippen molar-refractivity contribution in [3.8, 4) is 0 Å². The summed E-state index contributed by atoms with van der Waals surface area (Å²) in [6.45, 7) is 2.66. The van der Waals surface area contributed by atoms with Gasteiger partial charge in [0.25, 0.3) is 0 Å². The number of halogens is 1. The van der Waals surface area contributed by atoms with Crippen molar-refractivity contribution >= 4 is 34.8 Å². The molecule has 1 aliphatic heterocycles. The number of nitrogens with one attached hydrogen (secondary N) is 1. The molecular formula is C21H28ClN3O2. The molecule has 0 spiro atoms. The molecule has 3 atom stereocenters. The standard InChI is InChI=1S/C21H27N3O2.ClH/c1-4-15(12-25)22-21(26)14-8-17-16-6-5-7-18-20(16)13(10-23(18)2)9-19(17)24(3)11-14;/h5-8,10,14-15,19,25H,4,9,11-12H2,1-3H3,(H,22,26);1H/t14-,15+,19-;/m1./s1. The zero-order valence-electron chi connectivity index (χ0n) is 16.1. The first-order chi connectivity index (χ1) is 12.5. The number of aliphatic hydroxyl groups is 1. The van der Waals surface area contributed by atoms with Crippen molar-refractivity contribution in [2.45, 2.75) is 31.8 Å². The quantitative estimate of drug-likeness (QED) is 0.844. The number of aryl methyl sites for hydroxylation is 1. The van der Waals surface area contributed by atoms with Crippen LogP contribution >= 0.6 is 12.4 Å². The molecule has 0 fully saturated rings. The summed E-state index contributed by atoms with van der Waals surface area (Å²) < 4.78 is 2.20. The van der Waals surface area contributed by atoms with Gasteiger partial charge in [-0.25, -0.2) is 0 Å². The van der Waals surface area contributed by atoms with Crippen LogP contribution in [0.2, 0.25) is 0 Å². The van der Waals surface area contributed by atoms with Crippen LogP contribution in [0.25, 0.3) is 16.5 Å². The maximum Gasteiger partial charge on any atom is 0.228 e. The van der Waals surface area contributed by atoms with Gasteiger partial charge in [0.2, 0.25) is 5.91 Å². The minimum atomic E-state index is -0.188. The second kappa shape index (κ2) is 7.66. The SMILES string of the molecule is CC[C@@H](CO)NC(=O)[C@@H]1C=C2c3cccc4c3c(cn4C)C[C@H]2N(C)C1.Cl. The maximum atomic E-state index is 12.7. The van der Waals surface area contributed by atoms with Crippen molar-refractivity contribution in [3.05, 3.63) is 41.6 Å². The number of rotatable bonds is 4. The van der Waals surface area contributed by atoms with Crippen LogP contribution in [0.3, 0.4) is 0 Å².